The lowest BCUT2D eigenvalue weighted by Crippen LogP contribution is -2.57. The lowest BCUT2D eigenvalue weighted by atomic mass is 9.85. The number of aliphatic carboxylic acids is 1. The number of nitrogens with zero attached hydrogens (tertiary/aromatic N) is 5. The monoisotopic (exact) mass is 1390 g/mol. The number of hydrogen-bond donors (Lipinski definition) is 17. The number of aliphatic hydroxyl groups excluding tert-OH is 1. The first kappa shape index (κ1) is 78.9. The topological polar surface area (TPSA) is 452 Å². The van der Waals surface area contributed by atoms with Gasteiger partial charge in [-0.25, -0.2) is 9.97 Å². The van der Waals surface area contributed by atoms with E-state index in [1.54, 1.807) is 37.2 Å². The number of allylic oxidation sites excluding steroid dienone is 1. The normalized spacial score (nSPS) is 18.3. The van der Waals surface area contributed by atoms with Gasteiger partial charge in [-0.05, 0) is 87.3 Å². The largest absolute Gasteiger partial charge is 0.508 e. The minimum absolute atomic E-state index is 0.0148. The molecule has 4 unspecified atom stereocenters. The number of epoxide rings is 1. The van der Waals surface area contributed by atoms with Gasteiger partial charge >= 0.3 is 5.97 Å². The Labute approximate surface area is 576 Å². The highest BCUT2D eigenvalue weighted by Crippen LogP contribution is 2.34. The van der Waals surface area contributed by atoms with Gasteiger partial charge in [0.05, 0.1) is 44.4 Å². The first-order valence-electron chi connectivity index (χ1n) is 33.9. The molecule has 1 aromatic carbocycles. The summed E-state index contributed by atoms with van der Waals surface area (Å²) in [5, 5.41) is 67.1. The van der Waals surface area contributed by atoms with Crippen LogP contribution in [0.15, 0.2) is 61.5 Å². The highest BCUT2D eigenvalue weighted by molar-refractivity contribution is 7.80. The van der Waals surface area contributed by atoms with Gasteiger partial charge in [0.1, 0.15) is 24.1 Å². The van der Waals surface area contributed by atoms with Gasteiger partial charge in [-0.2, -0.15) is 12.6 Å². The maximum atomic E-state index is 14.7. The smallest absolute Gasteiger partial charge is 0.317 e. The number of amides is 9. The van der Waals surface area contributed by atoms with Crippen molar-refractivity contribution in [2.75, 3.05) is 110 Å². The van der Waals surface area contributed by atoms with Crippen LogP contribution in [0.2, 0.25) is 0 Å². The van der Waals surface area contributed by atoms with Gasteiger partial charge in [0.15, 0.2) is 6.29 Å². The Morgan fingerprint density at radius 3 is 1.59 bits per heavy atom. The fourth-order valence-corrected chi connectivity index (χ4v) is 11.5. The molecule has 33 heteroatoms. The number of carboxylic acids is 1. The molecule has 3 aromatic rings. The van der Waals surface area contributed by atoms with Crippen LogP contribution in [0.25, 0.3) is 0 Å². The van der Waals surface area contributed by atoms with Gasteiger partial charge < -0.3 is 87.9 Å². The lowest BCUT2D eigenvalue weighted by molar-refractivity contribution is -0.138. The van der Waals surface area contributed by atoms with Crippen molar-refractivity contribution in [1.29, 1.82) is 0 Å². The predicted molar refractivity (Wildman–Crippen MR) is 362 cm³/mol. The van der Waals surface area contributed by atoms with Gasteiger partial charge in [0.2, 0.25) is 53.2 Å². The number of carbonyl (C=O) groups is 10. The first-order valence-corrected chi connectivity index (χ1v) is 34.6. The van der Waals surface area contributed by atoms with Crippen molar-refractivity contribution in [2.45, 2.75) is 139 Å². The summed E-state index contributed by atoms with van der Waals surface area (Å²) in [5.41, 5.74) is 2.31. The lowest BCUT2D eigenvalue weighted by Gasteiger charge is -2.30. The number of aromatic nitrogens is 4. The van der Waals surface area contributed by atoms with E-state index in [2.05, 4.69) is 103 Å². The summed E-state index contributed by atoms with van der Waals surface area (Å²) in [6, 6.07) is 2.91. The van der Waals surface area contributed by atoms with E-state index in [9.17, 15) is 68.4 Å². The van der Waals surface area contributed by atoms with Crippen LogP contribution in [-0.2, 0) is 71.9 Å². The maximum absolute atomic E-state index is 14.7. The molecule has 0 saturated carbocycles. The zero-order valence-electron chi connectivity index (χ0n) is 55.7. The number of aromatic hydroxyl groups is 1. The van der Waals surface area contributed by atoms with Crippen LogP contribution >= 0.6 is 12.6 Å². The molecule has 1 aliphatic carbocycles. The Hall–Kier alpha value is -8.05. The fraction of sp³-hybridized carbons (Fsp3) is 0.631. The van der Waals surface area contributed by atoms with E-state index in [-0.39, 0.29) is 126 Å². The zero-order chi connectivity index (χ0) is 70.4. The second-order valence-electron chi connectivity index (χ2n) is 24.9. The number of carboxylic acid groups (broad SMARTS) is 1. The molecule has 2 aromatic heterocycles. The van der Waals surface area contributed by atoms with Crippen LogP contribution in [-0.4, -0.2) is 261 Å². The van der Waals surface area contributed by atoms with Gasteiger partial charge in [-0.1, -0.05) is 24.3 Å². The molecule has 16 N–H and O–H groups in total. The second kappa shape index (κ2) is 44.1. The van der Waals surface area contributed by atoms with Crippen LogP contribution < -0.4 is 53.2 Å². The van der Waals surface area contributed by atoms with Gasteiger partial charge in [0, 0.05) is 160 Å². The number of unbranched alkanes of at least 4 members (excludes halogenated alkanes) is 2. The standard InChI is InChI=1S/C65H101N17O15S/c83-49-13-11-44(12-14-49)33-52(64(96)77-50(62(94)72-25-32-98)5-1-3-21-68-58(88)37-73-56(86)17-15-54(84)70-23-19-47-35-66-42-75-47)78-63(95)51(6-2-4-22-69-59(89)38-74-57(87)18-16-55(85)71-24-20-48-36-67-43-76-48)79-65-53(97-65)34-45-7-9-46(10-8-45)39-80-26-28-81(40-60(90)91)30-31-82(29-27-80)41-61(92)93/h7,9,11-14,35-36,42-43,45-46,50-53,60,65,79,83,90-91,98H,1-6,8,10,15-34,37-41H2,(H,66,75)(H,67,76)(H,68,88)(H,69,89)(H,70,84)(H,71,85)(H,72,94)(H,73,86)(H,74,87)(H,77,96)(H,78,95)(H,92,93)/t45?,46?,50-,51-,52-,53?,65?/m1/s1. The Balaban J connectivity index is 1.03. The molecular formula is C65H101N17O15S. The number of thiol groups is 1. The summed E-state index contributed by atoms with van der Waals surface area (Å²) in [7, 11) is 0. The van der Waals surface area contributed by atoms with Crippen LogP contribution in [0.1, 0.15) is 100 Å². The summed E-state index contributed by atoms with van der Waals surface area (Å²) in [4.78, 5) is 149. The van der Waals surface area contributed by atoms with E-state index in [0.717, 1.165) is 30.8 Å². The third-order valence-corrected chi connectivity index (χ3v) is 17.2. The minimum atomic E-state index is -1.51. The first-order chi connectivity index (χ1) is 47.3. The van der Waals surface area contributed by atoms with Crippen LogP contribution in [0.5, 0.6) is 5.75 Å². The van der Waals surface area contributed by atoms with Gasteiger partial charge in [-0.3, -0.25) is 63.1 Å². The average Bonchev–Trinajstić information content (AvgIpc) is 1.68. The SMILES string of the molecule is O=C(O)CN1CCN(CC(O)O)CCN(CC2C=CC(CC3OC3N[C@H](CCCCNC(=O)CNC(=O)CCC(=O)NCCc3cnc[nH]3)C(=O)N[C@H](Cc3ccc(O)cc3)C(=O)N[C@H](CCCCNC(=O)CNC(=O)CCC(=O)NCCc3cnc[nH]3)C(=O)NCCS)CC2)CC1. The minimum Gasteiger partial charge on any atom is -0.508 e. The van der Waals surface area contributed by atoms with E-state index < -0.39 is 78.0 Å². The Kier molecular flexibility index (Phi) is 35.5. The number of aromatic amines is 2. The molecule has 7 atom stereocenters. The number of aliphatic hydroxyl groups is 2. The van der Waals surface area contributed by atoms with Crippen molar-refractivity contribution in [2.24, 2.45) is 11.8 Å². The number of benzene rings is 1. The van der Waals surface area contributed by atoms with Crippen molar-refractivity contribution >= 4 is 71.8 Å². The molecular weight excluding hydrogens is 1290 g/mol. The number of ether oxygens (including phenoxy) is 1. The molecule has 3 aliphatic rings. The molecule has 32 nitrogen and oxygen atoms in total. The van der Waals surface area contributed by atoms with E-state index in [1.165, 1.54) is 12.1 Å². The molecule has 542 valence electrons. The molecule has 0 spiro atoms. The van der Waals surface area contributed by atoms with Crippen molar-refractivity contribution in [1.82, 2.24) is 87.8 Å². The van der Waals surface area contributed by atoms with Crippen molar-refractivity contribution in [3.8, 4) is 5.75 Å². The summed E-state index contributed by atoms with van der Waals surface area (Å²) in [6.45, 7) is 4.94. The Morgan fingerprint density at radius 2 is 1.07 bits per heavy atom. The number of carbonyl (C=O) groups excluding carboxylic acids is 9. The summed E-state index contributed by atoms with van der Waals surface area (Å²) < 4.78 is 6.18. The number of phenols is 1. The molecule has 9 amide bonds. The van der Waals surface area contributed by atoms with Gasteiger partial charge in [-0.15, -0.1) is 0 Å². The fourth-order valence-electron chi connectivity index (χ4n) is 11.4. The van der Waals surface area contributed by atoms with Crippen molar-refractivity contribution in [3.05, 3.63) is 78.4 Å². The highest BCUT2D eigenvalue weighted by atomic mass is 32.1. The average molecular weight is 1390 g/mol. The summed E-state index contributed by atoms with van der Waals surface area (Å²) >= 11 is 4.23. The van der Waals surface area contributed by atoms with Crippen LogP contribution in [0.3, 0.4) is 0 Å². The Bertz CT molecular complexity index is 2980. The number of hydrogen-bond acceptors (Lipinski definition) is 21. The molecule has 0 radical (unpaired) electrons. The molecule has 6 rings (SSSR count). The molecule has 2 saturated heterocycles. The Morgan fingerprint density at radius 1 is 0.571 bits per heavy atom. The number of imidazole rings is 2. The number of β-amino-alcohol motifs (C(OH)–C–C–N with tert-alkyl or cyclic N) is 2. The number of nitrogens with one attached hydrogen (secondary N) is 12. The van der Waals surface area contributed by atoms with E-state index in [1.807, 2.05) is 9.80 Å². The predicted octanol–water partition coefficient (Wildman–Crippen LogP) is -2.55. The van der Waals surface area contributed by atoms with Crippen LogP contribution in [0.4, 0.5) is 0 Å². The third kappa shape index (κ3) is 32.5. The maximum Gasteiger partial charge on any atom is 0.317 e. The molecule has 2 aliphatic heterocycles. The van der Waals surface area contributed by atoms with Crippen molar-refractivity contribution in [3.63, 3.8) is 0 Å². The molecule has 0 bridgehead atoms. The summed E-state index contributed by atoms with van der Waals surface area (Å²) in [6.07, 6.45) is 13.7. The highest BCUT2D eigenvalue weighted by Gasteiger charge is 2.43. The van der Waals surface area contributed by atoms with Gasteiger partial charge in [0.25, 0.3) is 0 Å². The number of phenolic OH excluding ortho intramolecular Hbond substituents is 1. The van der Waals surface area contributed by atoms with E-state index in [4.69, 9.17) is 4.74 Å². The second-order valence-corrected chi connectivity index (χ2v) is 25.3. The summed E-state index contributed by atoms with van der Waals surface area (Å²) in [5.74, 6) is -4.37. The third-order valence-electron chi connectivity index (χ3n) is 17.0. The van der Waals surface area contributed by atoms with Crippen LogP contribution in [0, 0.1) is 11.8 Å². The van der Waals surface area contributed by atoms with E-state index in [0.29, 0.717) is 109 Å². The quantitative estimate of drug-likeness (QED) is 0.00911. The zero-order valence-corrected chi connectivity index (χ0v) is 56.6. The molecule has 98 heavy (non-hydrogen) atoms. The molecule has 4 heterocycles. The number of H-pyrrole nitrogens is 2. The molecule has 2 fully saturated rings. The van der Waals surface area contributed by atoms with E-state index >= 15 is 0 Å². The number of rotatable bonds is 45. The van der Waals surface area contributed by atoms with Crippen molar-refractivity contribution < 1.29 is 73.1 Å².